The van der Waals surface area contributed by atoms with Crippen molar-refractivity contribution in [2.75, 3.05) is 50.0 Å². The third-order valence-electron chi connectivity index (χ3n) is 6.32. The number of ether oxygens (including phenoxy) is 1. The summed E-state index contributed by atoms with van der Waals surface area (Å²) in [6.45, 7) is 1.75. The van der Waals surface area contributed by atoms with E-state index in [1.165, 1.54) is 11.1 Å². The summed E-state index contributed by atoms with van der Waals surface area (Å²) in [5, 5.41) is 6.50. The SMILES string of the molecule is O=C(Nc1cc(-c2cccc(NCC3CCOCC3)n2)c(Cl)cn1)C1CCCN(CC(F)(F)F)C1. The van der Waals surface area contributed by atoms with E-state index in [0.717, 1.165) is 38.4 Å². The molecule has 0 spiro atoms. The van der Waals surface area contributed by atoms with E-state index in [4.69, 9.17) is 16.3 Å². The Morgan fingerprint density at radius 2 is 2.00 bits per heavy atom. The maximum Gasteiger partial charge on any atom is 0.401 e. The topological polar surface area (TPSA) is 79.4 Å². The van der Waals surface area contributed by atoms with Gasteiger partial charge in [-0.05, 0) is 56.3 Å². The second-order valence-electron chi connectivity index (χ2n) is 9.07. The lowest BCUT2D eigenvalue weighted by Gasteiger charge is -2.32. The molecule has 2 aliphatic heterocycles. The summed E-state index contributed by atoms with van der Waals surface area (Å²) >= 11 is 6.39. The van der Waals surface area contributed by atoms with E-state index >= 15 is 0 Å². The van der Waals surface area contributed by atoms with E-state index < -0.39 is 18.6 Å². The van der Waals surface area contributed by atoms with E-state index in [-0.39, 0.29) is 18.3 Å². The summed E-state index contributed by atoms with van der Waals surface area (Å²) in [6.07, 6.45) is 0.245. The number of amides is 1. The zero-order chi connectivity index (χ0) is 24.8. The summed E-state index contributed by atoms with van der Waals surface area (Å²) in [7, 11) is 0. The summed E-state index contributed by atoms with van der Waals surface area (Å²) in [5.41, 5.74) is 1.23. The monoisotopic (exact) mass is 511 g/mol. The van der Waals surface area contributed by atoms with Crippen molar-refractivity contribution in [1.82, 2.24) is 14.9 Å². The maximum absolute atomic E-state index is 12.8. The van der Waals surface area contributed by atoms with Gasteiger partial charge >= 0.3 is 6.18 Å². The van der Waals surface area contributed by atoms with E-state index in [0.29, 0.717) is 41.6 Å². The number of nitrogens with one attached hydrogen (secondary N) is 2. The maximum atomic E-state index is 12.8. The van der Waals surface area contributed by atoms with Crippen molar-refractivity contribution >= 4 is 29.1 Å². The summed E-state index contributed by atoms with van der Waals surface area (Å²) in [5.74, 6) is 0.650. The molecule has 190 valence electrons. The van der Waals surface area contributed by atoms with Crippen LogP contribution in [0.4, 0.5) is 24.8 Å². The molecule has 0 bridgehead atoms. The van der Waals surface area contributed by atoms with Crippen LogP contribution in [-0.2, 0) is 9.53 Å². The number of anilines is 2. The molecule has 1 unspecified atom stereocenters. The van der Waals surface area contributed by atoms with Crippen molar-refractivity contribution in [2.45, 2.75) is 31.9 Å². The molecule has 35 heavy (non-hydrogen) atoms. The van der Waals surface area contributed by atoms with Gasteiger partial charge in [0.05, 0.1) is 23.2 Å². The Bertz CT molecular complexity index is 1020. The quantitative estimate of drug-likeness (QED) is 0.553. The van der Waals surface area contributed by atoms with E-state index in [1.54, 1.807) is 6.07 Å². The van der Waals surface area contributed by atoms with Gasteiger partial charge in [0.15, 0.2) is 0 Å². The highest BCUT2D eigenvalue weighted by atomic mass is 35.5. The molecule has 11 heteroatoms. The lowest BCUT2D eigenvalue weighted by molar-refractivity contribution is -0.151. The first kappa shape index (κ1) is 25.7. The molecule has 2 aromatic heterocycles. The van der Waals surface area contributed by atoms with Crippen LogP contribution in [0.25, 0.3) is 11.3 Å². The number of halogens is 4. The number of carbonyl (C=O) groups is 1. The Morgan fingerprint density at radius 1 is 1.20 bits per heavy atom. The van der Waals surface area contributed by atoms with Crippen LogP contribution < -0.4 is 10.6 Å². The summed E-state index contributed by atoms with van der Waals surface area (Å²) < 4.78 is 43.7. The molecule has 4 heterocycles. The molecule has 2 aromatic rings. The third kappa shape index (κ3) is 7.52. The second-order valence-corrected chi connectivity index (χ2v) is 9.48. The number of likely N-dealkylation sites (tertiary alicyclic amines) is 1. The van der Waals surface area contributed by atoms with E-state index in [2.05, 4.69) is 20.6 Å². The van der Waals surface area contributed by atoms with Gasteiger partial charge in [-0.3, -0.25) is 9.69 Å². The number of hydrogen-bond donors (Lipinski definition) is 2. The first-order valence-electron chi connectivity index (χ1n) is 11.8. The van der Waals surface area contributed by atoms with Crippen LogP contribution in [0, 0.1) is 11.8 Å². The minimum Gasteiger partial charge on any atom is -0.381 e. The van der Waals surface area contributed by atoms with Gasteiger partial charge < -0.3 is 15.4 Å². The molecule has 4 rings (SSSR count). The van der Waals surface area contributed by atoms with Gasteiger partial charge in [0, 0.05) is 38.1 Å². The molecule has 2 fully saturated rings. The summed E-state index contributed by atoms with van der Waals surface area (Å²) in [4.78, 5) is 22.9. The number of nitrogens with zero attached hydrogens (tertiary/aromatic N) is 3. The first-order chi connectivity index (χ1) is 16.8. The number of rotatable bonds is 7. The highest BCUT2D eigenvalue weighted by Gasteiger charge is 2.34. The van der Waals surface area contributed by atoms with Gasteiger partial charge in [0.25, 0.3) is 0 Å². The molecule has 2 saturated heterocycles. The normalized spacial score (nSPS) is 19.9. The minimum absolute atomic E-state index is 0.0637. The van der Waals surface area contributed by atoms with Crippen molar-refractivity contribution in [2.24, 2.45) is 11.8 Å². The van der Waals surface area contributed by atoms with Crippen molar-refractivity contribution in [3.8, 4) is 11.3 Å². The smallest absolute Gasteiger partial charge is 0.381 e. The van der Waals surface area contributed by atoms with Crippen LogP contribution in [0.3, 0.4) is 0 Å². The molecule has 1 amide bonds. The fourth-order valence-electron chi connectivity index (χ4n) is 4.48. The summed E-state index contributed by atoms with van der Waals surface area (Å²) in [6, 6.07) is 7.22. The van der Waals surface area contributed by atoms with Gasteiger partial charge in [0.2, 0.25) is 5.91 Å². The number of alkyl halides is 3. The predicted molar refractivity (Wildman–Crippen MR) is 128 cm³/mol. The standard InChI is InChI=1S/C24H29ClF3N5O2/c25-19-13-30-22(32-23(34)17-3-2-8-33(14-17)15-24(26,27)28)11-18(19)20-4-1-5-21(31-20)29-12-16-6-9-35-10-7-16/h1,4-5,11,13,16-17H,2-3,6-10,12,14-15H2,(H,29,31)(H,30,32,34). The number of hydrogen-bond acceptors (Lipinski definition) is 6. The van der Waals surface area contributed by atoms with Crippen molar-refractivity contribution in [3.05, 3.63) is 35.5 Å². The predicted octanol–water partition coefficient (Wildman–Crippen LogP) is 4.85. The van der Waals surface area contributed by atoms with Crippen LogP contribution in [0.2, 0.25) is 5.02 Å². The molecule has 2 aliphatic rings. The van der Waals surface area contributed by atoms with Gasteiger partial charge in [-0.1, -0.05) is 17.7 Å². The van der Waals surface area contributed by atoms with E-state index in [1.807, 2.05) is 18.2 Å². The van der Waals surface area contributed by atoms with Crippen molar-refractivity contribution < 1.29 is 22.7 Å². The number of pyridine rings is 2. The third-order valence-corrected chi connectivity index (χ3v) is 6.62. The first-order valence-corrected chi connectivity index (χ1v) is 12.2. The van der Waals surface area contributed by atoms with Gasteiger partial charge in [-0.25, -0.2) is 9.97 Å². The highest BCUT2D eigenvalue weighted by molar-refractivity contribution is 6.33. The largest absolute Gasteiger partial charge is 0.401 e. The van der Waals surface area contributed by atoms with Gasteiger partial charge in [-0.2, -0.15) is 13.2 Å². The molecule has 0 aromatic carbocycles. The van der Waals surface area contributed by atoms with Gasteiger partial charge in [-0.15, -0.1) is 0 Å². The van der Waals surface area contributed by atoms with Crippen LogP contribution in [0.15, 0.2) is 30.5 Å². The Morgan fingerprint density at radius 3 is 2.77 bits per heavy atom. The average Bonchev–Trinajstić information content (AvgIpc) is 2.84. The number of aromatic nitrogens is 2. The molecular formula is C24H29ClF3N5O2. The van der Waals surface area contributed by atoms with Crippen LogP contribution >= 0.6 is 11.6 Å². The fraction of sp³-hybridized carbons (Fsp3) is 0.542. The van der Waals surface area contributed by atoms with Crippen LogP contribution in [-0.4, -0.2) is 66.3 Å². The Labute approximate surface area is 207 Å². The molecule has 0 saturated carbocycles. The Hall–Kier alpha value is -2.43. The Balaban J connectivity index is 1.41. The molecule has 7 nitrogen and oxygen atoms in total. The highest BCUT2D eigenvalue weighted by Crippen LogP contribution is 2.30. The zero-order valence-electron chi connectivity index (χ0n) is 19.3. The number of carbonyl (C=O) groups excluding carboxylic acids is 1. The minimum atomic E-state index is -4.29. The van der Waals surface area contributed by atoms with Gasteiger partial charge in [0.1, 0.15) is 11.6 Å². The average molecular weight is 512 g/mol. The van der Waals surface area contributed by atoms with Crippen LogP contribution in [0.1, 0.15) is 25.7 Å². The van der Waals surface area contributed by atoms with Crippen LogP contribution in [0.5, 0.6) is 0 Å². The van der Waals surface area contributed by atoms with E-state index in [9.17, 15) is 18.0 Å². The molecule has 0 radical (unpaired) electrons. The lowest BCUT2D eigenvalue weighted by Crippen LogP contribution is -2.44. The zero-order valence-corrected chi connectivity index (χ0v) is 20.0. The molecular weight excluding hydrogens is 483 g/mol. The van der Waals surface area contributed by atoms with Crippen molar-refractivity contribution in [3.63, 3.8) is 0 Å². The second kappa shape index (κ2) is 11.5. The number of piperidine rings is 1. The fourth-order valence-corrected chi connectivity index (χ4v) is 4.68. The molecule has 2 N–H and O–H groups in total. The van der Waals surface area contributed by atoms with Crippen molar-refractivity contribution in [1.29, 1.82) is 0 Å². The molecule has 0 aliphatic carbocycles. The lowest BCUT2D eigenvalue weighted by atomic mass is 9.97. The Kier molecular flexibility index (Phi) is 8.46. The molecule has 1 atom stereocenters.